The number of anilines is 1. The highest BCUT2D eigenvalue weighted by Gasteiger charge is 2.31. The molecule has 0 spiro atoms. The topological polar surface area (TPSA) is 94.2 Å². The van der Waals surface area contributed by atoms with Gasteiger partial charge in [-0.3, -0.25) is 0 Å². The van der Waals surface area contributed by atoms with Gasteiger partial charge in [-0.05, 0) is 49.9 Å². The number of amides is 1. The zero-order valence-corrected chi connectivity index (χ0v) is 22.3. The van der Waals surface area contributed by atoms with Gasteiger partial charge < -0.3 is 24.4 Å². The SMILES string of the molecule is C=CC(=O)OCC(C)(COC(=O)C=C)NC(=O)OCc1ccc(CN(C)c2c(C)cc(C)cc2C)cc1. The van der Waals surface area contributed by atoms with Crippen LogP contribution in [0.1, 0.15) is 34.7 Å². The molecule has 0 atom stereocenters. The van der Waals surface area contributed by atoms with Gasteiger partial charge in [0.15, 0.2) is 0 Å². The highest BCUT2D eigenvalue weighted by atomic mass is 16.6. The predicted molar refractivity (Wildman–Crippen MR) is 143 cm³/mol. The molecule has 0 aromatic heterocycles. The molecule has 37 heavy (non-hydrogen) atoms. The highest BCUT2D eigenvalue weighted by molar-refractivity contribution is 5.82. The van der Waals surface area contributed by atoms with Crippen LogP contribution in [0.15, 0.2) is 61.7 Å². The zero-order valence-electron chi connectivity index (χ0n) is 22.3. The lowest BCUT2D eigenvalue weighted by Crippen LogP contribution is -2.53. The Bertz CT molecular complexity index is 1090. The number of carbonyl (C=O) groups is 3. The molecule has 1 amide bonds. The summed E-state index contributed by atoms with van der Waals surface area (Å²) in [6, 6.07) is 12.2. The Kier molecular flexibility index (Phi) is 10.5. The largest absolute Gasteiger partial charge is 0.460 e. The van der Waals surface area contributed by atoms with Crippen LogP contribution in [0.25, 0.3) is 0 Å². The van der Waals surface area contributed by atoms with E-state index in [9.17, 15) is 14.4 Å². The monoisotopic (exact) mass is 508 g/mol. The Balaban J connectivity index is 1.96. The number of hydrogen-bond acceptors (Lipinski definition) is 7. The molecular formula is C29H36N2O6. The van der Waals surface area contributed by atoms with E-state index in [2.05, 4.69) is 63.3 Å². The summed E-state index contributed by atoms with van der Waals surface area (Å²) in [6.45, 7) is 14.8. The average molecular weight is 509 g/mol. The van der Waals surface area contributed by atoms with Gasteiger partial charge in [0.25, 0.3) is 0 Å². The number of aryl methyl sites for hydroxylation is 3. The van der Waals surface area contributed by atoms with Crippen LogP contribution in [-0.2, 0) is 37.0 Å². The van der Waals surface area contributed by atoms with Crippen molar-refractivity contribution >= 4 is 23.7 Å². The number of hydrogen-bond donors (Lipinski definition) is 1. The normalized spacial score (nSPS) is 10.7. The van der Waals surface area contributed by atoms with E-state index in [1.54, 1.807) is 6.92 Å². The first kappa shape index (κ1) is 29.2. The van der Waals surface area contributed by atoms with Crippen LogP contribution in [0.5, 0.6) is 0 Å². The second kappa shape index (κ2) is 13.3. The molecule has 2 aromatic rings. The molecule has 0 unspecified atom stereocenters. The molecular weight excluding hydrogens is 472 g/mol. The molecule has 0 aliphatic heterocycles. The first-order valence-electron chi connectivity index (χ1n) is 11.9. The van der Waals surface area contributed by atoms with Crippen molar-refractivity contribution in [2.24, 2.45) is 0 Å². The van der Waals surface area contributed by atoms with Crippen LogP contribution < -0.4 is 10.2 Å². The Morgan fingerprint density at radius 3 is 1.86 bits per heavy atom. The van der Waals surface area contributed by atoms with Gasteiger partial charge in [-0.15, -0.1) is 0 Å². The lowest BCUT2D eigenvalue weighted by molar-refractivity contribution is -0.144. The summed E-state index contributed by atoms with van der Waals surface area (Å²) in [6.07, 6.45) is 1.25. The van der Waals surface area contributed by atoms with Crippen molar-refractivity contribution in [1.29, 1.82) is 0 Å². The number of benzene rings is 2. The van der Waals surface area contributed by atoms with E-state index < -0.39 is 23.6 Å². The minimum Gasteiger partial charge on any atom is -0.460 e. The van der Waals surface area contributed by atoms with Crippen molar-refractivity contribution in [2.75, 3.05) is 25.2 Å². The highest BCUT2D eigenvalue weighted by Crippen LogP contribution is 2.26. The fraction of sp³-hybridized carbons (Fsp3) is 0.345. The molecule has 0 aliphatic carbocycles. The fourth-order valence-electron chi connectivity index (χ4n) is 3.99. The number of alkyl carbamates (subject to hydrolysis) is 1. The Labute approximate surface area is 218 Å². The van der Waals surface area contributed by atoms with E-state index in [4.69, 9.17) is 14.2 Å². The van der Waals surface area contributed by atoms with Crippen LogP contribution in [0.3, 0.4) is 0 Å². The molecule has 0 saturated heterocycles. The molecule has 0 fully saturated rings. The molecule has 2 aromatic carbocycles. The maximum Gasteiger partial charge on any atom is 0.408 e. The van der Waals surface area contributed by atoms with Gasteiger partial charge in [0.1, 0.15) is 25.4 Å². The van der Waals surface area contributed by atoms with Crippen LogP contribution in [0, 0.1) is 20.8 Å². The molecule has 0 saturated carbocycles. The van der Waals surface area contributed by atoms with Crippen LogP contribution in [0.2, 0.25) is 0 Å². The van der Waals surface area contributed by atoms with Gasteiger partial charge in [0.05, 0.1) is 0 Å². The minimum absolute atomic E-state index is 0.0348. The minimum atomic E-state index is -1.21. The molecule has 0 radical (unpaired) electrons. The van der Waals surface area contributed by atoms with E-state index >= 15 is 0 Å². The summed E-state index contributed by atoms with van der Waals surface area (Å²) in [4.78, 5) is 37.6. The van der Waals surface area contributed by atoms with Gasteiger partial charge in [-0.1, -0.05) is 55.1 Å². The second-order valence-electron chi connectivity index (χ2n) is 9.31. The van der Waals surface area contributed by atoms with Gasteiger partial charge >= 0.3 is 18.0 Å². The van der Waals surface area contributed by atoms with E-state index in [-0.39, 0.29) is 19.8 Å². The summed E-state index contributed by atoms with van der Waals surface area (Å²) in [5.74, 6) is -1.34. The molecule has 0 bridgehead atoms. The zero-order chi connectivity index (χ0) is 27.6. The smallest absolute Gasteiger partial charge is 0.408 e. The third kappa shape index (κ3) is 9.14. The lowest BCUT2D eigenvalue weighted by Gasteiger charge is -2.29. The number of ether oxygens (including phenoxy) is 3. The summed E-state index contributed by atoms with van der Waals surface area (Å²) < 4.78 is 15.4. The Morgan fingerprint density at radius 1 is 0.892 bits per heavy atom. The number of carbonyl (C=O) groups excluding carboxylic acids is 3. The van der Waals surface area contributed by atoms with Crippen molar-refractivity contribution in [2.45, 2.75) is 46.4 Å². The van der Waals surface area contributed by atoms with Gasteiger partial charge in [-0.25, -0.2) is 14.4 Å². The van der Waals surface area contributed by atoms with Gasteiger partial charge in [0, 0.05) is 31.4 Å². The maximum atomic E-state index is 12.5. The Hall–Kier alpha value is -4.07. The number of nitrogens with one attached hydrogen (secondary N) is 1. The number of rotatable bonds is 12. The standard InChI is InChI=1S/C29H36N2O6/c1-8-25(32)36-18-29(6,19-37-26(33)9-2)30-28(34)35-17-24-12-10-23(11-13-24)16-31(7)27-21(4)14-20(3)15-22(27)5/h8-15H,1-2,16-19H2,3-7H3,(H,30,34). The first-order valence-corrected chi connectivity index (χ1v) is 11.9. The molecule has 0 heterocycles. The molecule has 8 nitrogen and oxygen atoms in total. The quantitative estimate of drug-likeness (QED) is 0.252. The maximum absolute atomic E-state index is 12.5. The van der Waals surface area contributed by atoms with Crippen LogP contribution in [-0.4, -0.2) is 43.8 Å². The molecule has 1 N–H and O–H groups in total. The summed E-state index contributed by atoms with van der Waals surface area (Å²) in [5, 5.41) is 2.60. The van der Waals surface area contributed by atoms with Crippen molar-refractivity contribution in [3.8, 4) is 0 Å². The molecule has 198 valence electrons. The number of esters is 2. The van der Waals surface area contributed by atoms with E-state index in [0.717, 1.165) is 29.8 Å². The molecule has 2 rings (SSSR count). The van der Waals surface area contributed by atoms with E-state index in [1.165, 1.54) is 22.4 Å². The third-order valence-electron chi connectivity index (χ3n) is 5.63. The van der Waals surface area contributed by atoms with Crippen LogP contribution >= 0.6 is 0 Å². The predicted octanol–water partition coefficient (Wildman–Crippen LogP) is 4.69. The third-order valence-corrected chi connectivity index (χ3v) is 5.63. The van der Waals surface area contributed by atoms with Crippen molar-refractivity contribution in [1.82, 2.24) is 5.32 Å². The number of nitrogens with zero attached hydrogens (tertiary/aromatic N) is 1. The van der Waals surface area contributed by atoms with E-state index in [0.29, 0.717) is 0 Å². The fourth-order valence-corrected chi connectivity index (χ4v) is 3.99. The van der Waals surface area contributed by atoms with Crippen LogP contribution in [0.4, 0.5) is 10.5 Å². The second-order valence-corrected chi connectivity index (χ2v) is 9.31. The van der Waals surface area contributed by atoms with E-state index in [1.807, 2.05) is 24.3 Å². The van der Waals surface area contributed by atoms with Gasteiger partial charge in [0.2, 0.25) is 0 Å². The van der Waals surface area contributed by atoms with Crippen molar-refractivity contribution in [3.63, 3.8) is 0 Å². The summed E-state index contributed by atoms with van der Waals surface area (Å²) in [7, 11) is 2.07. The molecule has 0 aliphatic rings. The first-order chi connectivity index (χ1) is 17.5. The lowest BCUT2D eigenvalue weighted by atomic mass is 10.0. The van der Waals surface area contributed by atoms with Gasteiger partial charge in [-0.2, -0.15) is 0 Å². The van der Waals surface area contributed by atoms with Crippen molar-refractivity contribution < 1.29 is 28.6 Å². The summed E-state index contributed by atoms with van der Waals surface area (Å²) >= 11 is 0. The average Bonchev–Trinajstić information content (AvgIpc) is 2.84. The summed E-state index contributed by atoms with van der Waals surface area (Å²) in [5.41, 5.74) is 5.65. The molecule has 8 heteroatoms. The Morgan fingerprint density at radius 2 is 1.38 bits per heavy atom. The van der Waals surface area contributed by atoms with Crippen molar-refractivity contribution in [3.05, 3.63) is 89.5 Å².